The summed E-state index contributed by atoms with van der Waals surface area (Å²) in [6.45, 7) is 1.85. The van der Waals surface area contributed by atoms with Crippen LogP contribution in [0, 0.1) is 11.3 Å². The lowest BCUT2D eigenvalue weighted by molar-refractivity contribution is -0.152. The van der Waals surface area contributed by atoms with Gasteiger partial charge in [0, 0.05) is 30.5 Å². The highest BCUT2D eigenvalue weighted by atomic mass is 35.5. The van der Waals surface area contributed by atoms with Crippen molar-refractivity contribution in [1.29, 1.82) is 5.26 Å². The first kappa shape index (κ1) is 36.0. The number of esters is 2. The summed E-state index contributed by atoms with van der Waals surface area (Å²) < 4.78 is 46.5. The van der Waals surface area contributed by atoms with Crippen LogP contribution >= 0.6 is 19.2 Å². The summed E-state index contributed by atoms with van der Waals surface area (Å²) >= 11 is 6.41. The molecule has 17 heteroatoms. The third-order valence-electron chi connectivity index (χ3n) is 7.62. The molecular formula is C29H40ClN4O11P. The molecule has 0 bridgehead atoms. The maximum Gasteiger partial charge on any atom is 0.361 e. The number of aliphatic hydroxyl groups excluding tert-OH is 2. The number of halogens is 1. The number of carbonyl (C=O) groups is 2. The van der Waals surface area contributed by atoms with Crippen molar-refractivity contribution < 1.29 is 52.4 Å². The Balaban J connectivity index is 1.43. The van der Waals surface area contributed by atoms with E-state index in [1.54, 1.807) is 26.1 Å². The highest BCUT2D eigenvalue weighted by Gasteiger charge is 2.45. The van der Waals surface area contributed by atoms with Gasteiger partial charge in [0.05, 0.1) is 12.3 Å². The minimum absolute atomic E-state index is 0.0140. The van der Waals surface area contributed by atoms with Gasteiger partial charge in [0.15, 0.2) is 11.4 Å². The number of fused-ring (bicyclic) bond motifs is 1. The second kappa shape index (κ2) is 16.9. The van der Waals surface area contributed by atoms with Crippen LogP contribution in [-0.4, -0.2) is 82.6 Å². The normalized spacial score (nSPS) is 21.8. The Morgan fingerprint density at radius 3 is 2.35 bits per heavy atom. The second-order valence-electron chi connectivity index (χ2n) is 11.0. The highest BCUT2D eigenvalue weighted by Crippen LogP contribution is 2.48. The lowest BCUT2D eigenvalue weighted by Crippen LogP contribution is -2.34. The molecule has 3 heterocycles. The van der Waals surface area contributed by atoms with Crippen molar-refractivity contribution in [3.05, 3.63) is 23.0 Å². The van der Waals surface area contributed by atoms with Crippen LogP contribution in [0.4, 0.5) is 5.69 Å². The van der Waals surface area contributed by atoms with Gasteiger partial charge in [0.25, 0.3) is 0 Å². The van der Waals surface area contributed by atoms with Crippen LogP contribution in [0.15, 0.2) is 12.3 Å². The Morgan fingerprint density at radius 1 is 1.13 bits per heavy atom. The number of hydrogen-bond donors (Lipinski definition) is 3. The van der Waals surface area contributed by atoms with E-state index in [2.05, 4.69) is 16.4 Å². The van der Waals surface area contributed by atoms with E-state index in [0.717, 1.165) is 25.7 Å². The summed E-state index contributed by atoms with van der Waals surface area (Å²) in [5.74, 6) is -1.13. The van der Waals surface area contributed by atoms with Gasteiger partial charge < -0.3 is 39.0 Å². The maximum atomic E-state index is 13.3. The number of aromatic nitrogens is 2. The first-order chi connectivity index (χ1) is 22.1. The number of anilines is 1. The van der Waals surface area contributed by atoms with E-state index in [1.807, 2.05) is 0 Å². The fraction of sp³-hybridized carbons (Fsp3) is 0.655. The molecule has 15 nitrogen and oxygen atoms in total. The van der Waals surface area contributed by atoms with E-state index < -0.39 is 64.0 Å². The van der Waals surface area contributed by atoms with Gasteiger partial charge in [0.2, 0.25) is 13.6 Å². The van der Waals surface area contributed by atoms with Crippen LogP contribution in [0.25, 0.3) is 11.0 Å². The molecule has 3 N–H and O–H groups in total. The Hall–Kier alpha value is -2.80. The highest BCUT2D eigenvalue weighted by molar-refractivity contribution is 7.53. The molecule has 0 amide bonds. The summed E-state index contributed by atoms with van der Waals surface area (Å²) in [6.07, 6.45) is 1.37. The van der Waals surface area contributed by atoms with Crippen molar-refractivity contribution in [3.63, 3.8) is 0 Å². The van der Waals surface area contributed by atoms with Gasteiger partial charge in [-0.1, -0.05) is 38.3 Å². The minimum atomic E-state index is -4.13. The maximum absolute atomic E-state index is 13.3. The number of nitrogens with one attached hydrogen (secondary N) is 1. The van der Waals surface area contributed by atoms with Gasteiger partial charge in [-0.3, -0.25) is 23.2 Å². The number of carbonyl (C=O) groups excluding carboxylic acids is 2. The van der Waals surface area contributed by atoms with Crippen LogP contribution in [0.2, 0.25) is 5.15 Å². The summed E-state index contributed by atoms with van der Waals surface area (Å²) in [5, 5.41) is 35.5. The van der Waals surface area contributed by atoms with Gasteiger partial charge in [0.1, 0.15) is 41.9 Å². The third kappa shape index (κ3) is 8.96. The predicted octanol–water partition coefficient (Wildman–Crippen LogP) is 4.34. The van der Waals surface area contributed by atoms with Gasteiger partial charge in [-0.2, -0.15) is 5.26 Å². The van der Waals surface area contributed by atoms with E-state index in [9.17, 15) is 29.6 Å². The molecule has 0 spiro atoms. The predicted molar refractivity (Wildman–Crippen MR) is 164 cm³/mol. The van der Waals surface area contributed by atoms with Gasteiger partial charge in [-0.05, 0) is 31.7 Å². The molecule has 2 aromatic heterocycles. The number of ether oxygens (including phenoxy) is 4. The van der Waals surface area contributed by atoms with E-state index in [1.165, 1.54) is 4.57 Å². The summed E-state index contributed by atoms with van der Waals surface area (Å²) in [4.78, 5) is 27.8. The van der Waals surface area contributed by atoms with Crippen LogP contribution in [0.3, 0.4) is 0 Å². The number of pyridine rings is 1. The molecule has 254 valence electrons. The van der Waals surface area contributed by atoms with Crippen molar-refractivity contribution in [3.8, 4) is 6.07 Å². The summed E-state index contributed by atoms with van der Waals surface area (Å²) in [7, 11) is -4.13. The van der Waals surface area contributed by atoms with Gasteiger partial charge in [-0.25, -0.2) is 4.98 Å². The smallest absolute Gasteiger partial charge is 0.361 e. The van der Waals surface area contributed by atoms with E-state index in [4.69, 9.17) is 39.6 Å². The third-order valence-corrected chi connectivity index (χ3v) is 9.39. The zero-order valence-corrected chi connectivity index (χ0v) is 27.4. The standard InChI is InChI=1S/C29H40ClN4O11P/c1-3-7-22(35)41-15-43-46(39,44-16-42-23(36)8-4-2)17-40-14-21-25(37)26(38)29(45-21)34-12-11-19-24(32-18-9-5-6-10-18)20(13-31)27(30)33-28(19)34/h11-12,18,21,25-26,29,37-38H,3-10,14-17H2,1-2H3,(H,32,33)/t21-,25-,26-,29-/m1/s1. The van der Waals surface area contributed by atoms with Crippen LogP contribution in [0.1, 0.15) is 77.0 Å². The van der Waals surface area contributed by atoms with E-state index in [-0.39, 0.29) is 36.2 Å². The molecule has 2 aromatic rings. The van der Waals surface area contributed by atoms with Crippen molar-refractivity contribution in [2.45, 2.75) is 95.8 Å². The number of nitrogens with zero attached hydrogens (tertiary/aromatic N) is 3. The Labute approximate surface area is 271 Å². The summed E-state index contributed by atoms with van der Waals surface area (Å²) in [5.41, 5.74) is 1.10. The molecule has 0 radical (unpaired) electrons. The number of rotatable bonds is 17. The molecule has 1 saturated carbocycles. The lowest BCUT2D eigenvalue weighted by Gasteiger charge is -2.20. The van der Waals surface area contributed by atoms with Crippen molar-refractivity contribution >= 4 is 47.9 Å². The second-order valence-corrected chi connectivity index (χ2v) is 13.4. The lowest BCUT2D eigenvalue weighted by atomic mass is 10.1. The molecule has 2 fully saturated rings. The first-order valence-corrected chi connectivity index (χ1v) is 17.4. The Bertz CT molecular complexity index is 1420. The fourth-order valence-electron chi connectivity index (χ4n) is 5.26. The Kier molecular flexibility index (Phi) is 13.2. The monoisotopic (exact) mass is 686 g/mol. The van der Waals surface area contributed by atoms with Crippen LogP contribution in [-0.2, 0) is 42.1 Å². The molecule has 4 atom stereocenters. The van der Waals surface area contributed by atoms with Crippen LogP contribution in [0.5, 0.6) is 0 Å². The average molecular weight is 687 g/mol. The molecule has 4 rings (SSSR count). The summed E-state index contributed by atoms with van der Waals surface area (Å²) in [6, 6.07) is 4.03. The fourth-order valence-corrected chi connectivity index (χ4v) is 6.45. The van der Waals surface area contributed by atoms with Gasteiger partial charge >= 0.3 is 19.5 Å². The van der Waals surface area contributed by atoms with Gasteiger partial charge in [-0.15, -0.1) is 0 Å². The van der Waals surface area contributed by atoms with Crippen molar-refractivity contribution in [2.75, 3.05) is 31.9 Å². The zero-order valence-electron chi connectivity index (χ0n) is 25.8. The molecule has 2 aliphatic rings. The van der Waals surface area contributed by atoms with E-state index in [0.29, 0.717) is 29.6 Å². The first-order valence-electron chi connectivity index (χ1n) is 15.3. The number of nitriles is 1. The van der Waals surface area contributed by atoms with Crippen LogP contribution < -0.4 is 5.32 Å². The Morgan fingerprint density at radius 2 is 1.76 bits per heavy atom. The largest absolute Gasteiger partial charge is 0.438 e. The number of aliphatic hydroxyl groups is 2. The molecule has 46 heavy (non-hydrogen) atoms. The number of hydrogen-bond acceptors (Lipinski definition) is 14. The minimum Gasteiger partial charge on any atom is -0.438 e. The zero-order chi connectivity index (χ0) is 33.3. The topological polar surface area (TPSA) is 201 Å². The van der Waals surface area contributed by atoms with E-state index >= 15 is 0 Å². The molecule has 1 saturated heterocycles. The molecule has 0 unspecified atom stereocenters. The quantitative estimate of drug-likeness (QED) is 0.0918. The molecule has 0 aromatic carbocycles. The SMILES string of the molecule is CCCC(=O)OCOP(=O)(COC[C@H]1O[C@@H](n2ccc3c(NC4CCCC4)c(C#N)c(Cl)nc32)[C@H](O)[C@@H]1O)OCOC(=O)CCC. The molecular weight excluding hydrogens is 647 g/mol. The molecule has 1 aliphatic carbocycles. The van der Waals surface area contributed by atoms with Crippen molar-refractivity contribution in [2.24, 2.45) is 0 Å². The average Bonchev–Trinajstić information content (AvgIpc) is 3.74. The van der Waals surface area contributed by atoms with Crippen molar-refractivity contribution in [1.82, 2.24) is 9.55 Å². The molecule has 1 aliphatic heterocycles.